The molecule has 2 amide bonds. The van der Waals surface area contributed by atoms with Crippen LogP contribution < -0.4 is 15.4 Å². The van der Waals surface area contributed by atoms with E-state index in [1.165, 1.54) is 32.1 Å². The van der Waals surface area contributed by atoms with E-state index in [0.29, 0.717) is 32.8 Å². The lowest BCUT2D eigenvalue weighted by atomic mass is 10.2. The molecule has 33 heavy (non-hydrogen) atoms. The first-order chi connectivity index (χ1) is 15.9. The number of fused-ring (bicyclic) bond motifs is 1. The van der Waals surface area contributed by atoms with Crippen LogP contribution in [-0.4, -0.2) is 44.4 Å². The molecule has 0 aliphatic carbocycles. The Balaban J connectivity index is 1.49. The number of amides is 2. The van der Waals surface area contributed by atoms with E-state index < -0.39 is 0 Å². The van der Waals surface area contributed by atoms with Gasteiger partial charge in [0, 0.05) is 17.6 Å². The summed E-state index contributed by atoms with van der Waals surface area (Å²) in [6.45, 7) is 1.41. The molecule has 4 rings (SSSR count). The van der Waals surface area contributed by atoms with E-state index in [4.69, 9.17) is 16.3 Å². The van der Waals surface area contributed by atoms with Crippen molar-refractivity contribution in [3.8, 4) is 11.4 Å². The fourth-order valence-corrected chi connectivity index (χ4v) is 4.00. The van der Waals surface area contributed by atoms with Crippen LogP contribution in [0, 0.1) is 0 Å². The number of aromatic nitrogens is 4. The Kier molecular flexibility index (Phi) is 6.76. The lowest BCUT2D eigenvalue weighted by Crippen LogP contribution is -2.15. The van der Waals surface area contributed by atoms with Gasteiger partial charge in [0.25, 0.3) is 0 Å². The van der Waals surface area contributed by atoms with Crippen molar-refractivity contribution in [2.75, 3.05) is 23.5 Å². The average molecular weight is 483 g/mol. The molecular formula is C22H19ClN6O3S. The molecule has 168 valence electrons. The van der Waals surface area contributed by atoms with Gasteiger partial charge >= 0.3 is 0 Å². The van der Waals surface area contributed by atoms with Crippen molar-refractivity contribution in [3.05, 3.63) is 60.0 Å². The second kappa shape index (κ2) is 9.88. The molecule has 2 heterocycles. The SMILES string of the molecule is COc1ccc(NC(C)=O)cc1NC(=O)CSc1ncnc2c1cnn2-c1ccc(Cl)cc1. The van der Waals surface area contributed by atoms with Crippen LogP contribution in [0.2, 0.25) is 5.02 Å². The normalized spacial score (nSPS) is 10.8. The Morgan fingerprint density at radius 3 is 2.64 bits per heavy atom. The van der Waals surface area contributed by atoms with Gasteiger partial charge in [0.1, 0.15) is 17.1 Å². The molecular weight excluding hydrogens is 464 g/mol. The summed E-state index contributed by atoms with van der Waals surface area (Å²) >= 11 is 7.24. The molecule has 2 aromatic carbocycles. The smallest absolute Gasteiger partial charge is 0.234 e. The van der Waals surface area contributed by atoms with Gasteiger partial charge in [-0.1, -0.05) is 23.4 Å². The third-order valence-corrected chi connectivity index (χ3v) is 5.79. The zero-order valence-corrected chi connectivity index (χ0v) is 19.3. The monoisotopic (exact) mass is 482 g/mol. The van der Waals surface area contributed by atoms with Crippen LogP contribution in [0.5, 0.6) is 5.75 Å². The molecule has 2 aromatic heterocycles. The van der Waals surface area contributed by atoms with E-state index in [1.54, 1.807) is 41.2 Å². The second-order valence-electron chi connectivity index (χ2n) is 6.88. The summed E-state index contributed by atoms with van der Waals surface area (Å²) < 4.78 is 6.99. The van der Waals surface area contributed by atoms with Crippen molar-refractivity contribution >= 4 is 57.6 Å². The molecule has 0 atom stereocenters. The van der Waals surface area contributed by atoms with Gasteiger partial charge in [0.05, 0.1) is 35.8 Å². The van der Waals surface area contributed by atoms with Gasteiger partial charge in [-0.05, 0) is 42.5 Å². The minimum absolute atomic E-state index is 0.103. The Bertz CT molecular complexity index is 1330. The van der Waals surface area contributed by atoms with Gasteiger partial charge in [0.2, 0.25) is 11.8 Å². The molecule has 11 heteroatoms. The molecule has 0 saturated carbocycles. The second-order valence-corrected chi connectivity index (χ2v) is 8.28. The first kappa shape index (κ1) is 22.6. The Labute approximate surface area is 198 Å². The van der Waals surface area contributed by atoms with Crippen molar-refractivity contribution in [1.29, 1.82) is 0 Å². The topological polar surface area (TPSA) is 111 Å². The van der Waals surface area contributed by atoms with Gasteiger partial charge in [0.15, 0.2) is 5.65 Å². The van der Waals surface area contributed by atoms with E-state index in [9.17, 15) is 9.59 Å². The number of nitrogens with zero attached hydrogens (tertiary/aromatic N) is 4. The Morgan fingerprint density at radius 2 is 1.91 bits per heavy atom. The van der Waals surface area contributed by atoms with Gasteiger partial charge in [-0.25, -0.2) is 14.6 Å². The van der Waals surface area contributed by atoms with Crippen molar-refractivity contribution in [1.82, 2.24) is 19.7 Å². The summed E-state index contributed by atoms with van der Waals surface area (Å²) in [5.74, 6) is 0.123. The van der Waals surface area contributed by atoms with Crippen LogP contribution in [0.1, 0.15) is 6.92 Å². The van der Waals surface area contributed by atoms with E-state index in [2.05, 4.69) is 25.7 Å². The maximum Gasteiger partial charge on any atom is 0.234 e. The molecule has 4 aromatic rings. The highest BCUT2D eigenvalue weighted by Crippen LogP contribution is 2.29. The highest BCUT2D eigenvalue weighted by molar-refractivity contribution is 8.00. The molecule has 0 saturated heterocycles. The van der Waals surface area contributed by atoms with E-state index in [-0.39, 0.29) is 17.6 Å². The lowest BCUT2D eigenvalue weighted by Gasteiger charge is -2.12. The zero-order valence-electron chi connectivity index (χ0n) is 17.7. The van der Waals surface area contributed by atoms with Crippen LogP contribution in [0.4, 0.5) is 11.4 Å². The molecule has 0 spiro atoms. The fraction of sp³-hybridized carbons (Fsp3) is 0.136. The number of anilines is 2. The van der Waals surface area contributed by atoms with Crippen molar-refractivity contribution in [2.45, 2.75) is 11.9 Å². The first-order valence-corrected chi connectivity index (χ1v) is 11.1. The zero-order chi connectivity index (χ0) is 23.4. The van der Waals surface area contributed by atoms with Crippen molar-refractivity contribution in [3.63, 3.8) is 0 Å². The van der Waals surface area contributed by atoms with Gasteiger partial charge < -0.3 is 15.4 Å². The van der Waals surface area contributed by atoms with E-state index in [1.807, 2.05) is 12.1 Å². The number of carbonyl (C=O) groups is 2. The minimum atomic E-state index is -0.255. The summed E-state index contributed by atoms with van der Waals surface area (Å²) in [6, 6.07) is 12.3. The molecule has 0 bridgehead atoms. The van der Waals surface area contributed by atoms with Gasteiger partial charge in [-0.15, -0.1) is 0 Å². The number of hydrogen-bond donors (Lipinski definition) is 2. The van der Waals surface area contributed by atoms with Crippen molar-refractivity contribution < 1.29 is 14.3 Å². The number of benzene rings is 2. The van der Waals surface area contributed by atoms with E-state index in [0.717, 1.165) is 11.1 Å². The lowest BCUT2D eigenvalue weighted by molar-refractivity contribution is -0.114. The standard InChI is InChI=1S/C22H19ClN6O3S/c1-13(30)27-15-5-8-19(32-2)18(9-15)28-20(31)11-33-22-17-10-26-29(21(17)24-12-25-22)16-6-3-14(23)4-7-16/h3-10,12H,11H2,1-2H3,(H,27,30)(H,28,31). The van der Waals surface area contributed by atoms with Crippen LogP contribution in [0.25, 0.3) is 16.7 Å². The summed E-state index contributed by atoms with van der Waals surface area (Å²) in [7, 11) is 1.51. The first-order valence-electron chi connectivity index (χ1n) is 9.77. The number of nitrogens with one attached hydrogen (secondary N) is 2. The molecule has 0 unspecified atom stereocenters. The predicted molar refractivity (Wildman–Crippen MR) is 128 cm³/mol. The maximum atomic E-state index is 12.6. The average Bonchev–Trinajstić information content (AvgIpc) is 3.23. The molecule has 0 radical (unpaired) electrons. The summed E-state index contributed by atoms with van der Waals surface area (Å²) in [6.07, 6.45) is 3.11. The van der Waals surface area contributed by atoms with E-state index >= 15 is 0 Å². The molecule has 0 aliphatic heterocycles. The molecule has 0 fully saturated rings. The molecule has 9 nitrogen and oxygen atoms in total. The molecule has 0 aliphatic rings. The number of ether oxygens (including phenoxy) is 1. The summed E-state index contributed by atoms with van der Waals surface area (Å²) in [5.41, 5.74) is 2.45. The quantitative estimate of drug-likeness (QED) is 0.300. The van der Waals surface area contributed by atoms with Gasteiger partial charge in [-0.2, -0.15) is 5.10 Å². The fourth-order valence-electron chi connectivity index (χ4n) is 3.12. The number of rotatable bonds is 7. The van der Waals surface area contributed by atoms with Crippen LogP contribution in [0.15, 0.2) is 60.0 Å². The van der Waals surface area contributed by atoms with Crippen LogP contribution in [0.3, 0.4) is 0 Å². The number of hydrogen-bond acceptors (Lipinski definition) is 7. The summed E-state index contributed by atoms with van der Waals surface area (Å²) in [4.78, 5) is 32.6. The largest absolute Gasteiger partial charge is 0.495 e. The highest BCUT2D eigenvalue weighted by atomic mass is 35.5. The number of thioether (sulfide) groups is 1. The third kappa shape index (κ3) is 5.24. The minimum Gasteiger partial charge on any atom is -0.495 e. The van der Waals surface area contributed by atoms with Crippen LogP contribution in [-0.2, 0) is 9.59 Å². The van der Waals surface area contributed by atoms with Crippen molar-refractivity contribution in [2.24, 2.45) is 0 Å². The summed E-state index contributed by atoms with van der Waals surface area (Å²) in [5, 5.41) is 11.9. The number of carbonyl (C=O) groups excluding carboxylic acids is 2. The predicted octanol–water partition coefficient (Wildman–Crippen LogP) is 4.17. The Morgan fingerprint density at radius 1 is 1.12 bits per heavy atom. The third-order valence-electron chi connectivity index (χ3n) is 4.53. The maximum absolute atomic E-state index is 12.6. The number of halogens is 1. The van der Waals surface area contributed by atoms with Crippen LogP contribution >= 0.6 is 23.4 Å². The number of methoxy groups -OCH3 is 1. The Hall–Kier alpha value is -3.63. The molecule has 2 N–H and O–H groups in total. The highest BCUT2D eigenvalue weighted by Gasteiger charge is 2.14. The van der Waals surface area contributed by atoms with Gasteiger partial charge in [-0.3, -0.25) is 9.59 Å².